The zero-order valence-electron chi connectivity index (χ0n) is 14.4. The minimum atomic E-state index is -0.658. The third kappa shape index (κ3) is 4.42. The highest BCUT2D eigenvalue weighted by molar-refractivity contribution is 7.09. The molecule has 24 heavy (non-hydrogen) atoms. The van der Waals surface area contributed by atoms with E-state index >= 15 is 0 Å². The van der Waals surface area contributed by atoms with Crippen LogP contribution < -0.4 is 0 Å². The minimum absolute atomic E-state index is 0.474. The number of likely N-dealkylation sites (tertiary alicyclic amines) is 1. The maximum Gasteiger partial charge on any atom is 0.0956 e. The predicted molar refractivity (Wildman–Crippen MR) is 97.3 cm³/mol. The molecular formula is C19H26N2O2S. The molecule has 1 aliphatic rings. The van der Waals surface area contributed by atoms with Crippen molar-refractivity contribution in [3.63, 3.8) is 0 Å². The van der Waals surface area contributed by atoms with Crippen LogP contribution in [-0.4, -0.2) is 45.3 Å². The standard InChI is InChI=1S/C19H26N2O2S/c1-14-4-3-5-16(10-14)17(22)12-21-8-6-19(23,7-9-21)11-18-20-15(2)13-24-18/h3-5,10,13,17,22-23H,6-9,11-12H2,1-2H3. The number of thiazole rings is 1. The SMILES string of the molecule is Cc1cccc(C(O)CN2CCC(O)(Cc3nc(C)cs3)CC2)c1. The highest BCUT2D eigenvalue weighted by Crippen LogP contribution is 2.28. The molecule has 0 bridgehead atoms. The van der Waals surface area contributed by atoms with Gasteiger partial charge in [0, 0.05) is 37.1 Å². The lowest BCUT2D eigenvalue weighted by atomic mass is 9.88. The van der Waals surface area contributed by atoms with Crippen molar-refractivity contribution < 1.29 is 10.2 Å². The zero-order chi connectivity index (χ0) is 17.2. The highest BCUT2D eigenvalue weighted by atomic mass is 32.1. The molecule has 130 valence electrons. The van der Waals surface area contributed by atoms with Gasteiger partial charge in [-0.3, -0.25) is 0 Å². The molecule has 0 aliphatic carbocycles. The topological polar surface area (TPSA) is 56.6 Å². The van der Waals surface area contributed by atoms with Crippen molar-refractivity contribution in [3.8, 4) is 0 Å². The Morgan fingerprint density at radius 1 is 1.29 bits per heavy atom. The van der Waals surface area contributed by atoms with Crippen LogP contribution in [0.4, 0.5) is 0 Å². The number of aliphatic hydroxyl groups excluding tert-OH is 1. The van der Waals surface area contributed by atoms with Crippen LogP contribution in [0, 0.1) is 13.8 Å². The Kier molecular flexibility index (Phi) is 5.35. The van der Waals surface area contributed by atoms with E-state index in [1.54, 1.807) is 11.3 Å². The molecule has 1 atom stereocenters. The van der Waals surface area contributed by atoms with E-state index in [-0.39, 0.29) is 0 Å². The summed E-state index contributed by atoms with van der Waals surface area (Å²) in [6.07, 6.45) is 1.62. The average Bonchev–Trinajstić information content (AvgIpc) is 2.94. The minimum Gasteiger partial charge on any atom is -0.389 e. The Hall–Kier alpha value is -1.27. The Bertz CT molecular complexity index is 678. The zero-order valence-corrected chi connectivity index (χ0v) is 15.2. The number of hydrogen-bond acceptors (Lipinski definition) is 5. The maximum atomic E-state index is 10.8. The van der Waals surface area contributed by atoms with Gasteiger partial charge in [-0.1, -0.05) is 29.8 Å². The van der Waals surface area contributed by atoms with Crippen molar-refractivity contribution in [2.24, 2.45) is 0 Å². The first-order chi connectivity index (χ1) is 11.4. The van der Waals surface area contributed by atoms with Crippen molar-refractivity contribution in [2.45, 2.75) is 44.8 Å². The van der Waals surface area contributed by atoms with Crippen molar-refractivity contribution in [1.82, 2.24) is 9.88 Å². The van der Waals surface area contributed by atoms with Crippen LogP contribution in [0.25, 0.3) is 0 Å². The van der Waals surface area contributed by atoms with Gasteiger partial charge in [0.15, 0.2) is 0 Å². The van der Waals surface area contributed by atoms with Crippen LogP contribution in [0.15, 0.2) is 29.6 Å². The molecule has 0 saturated carbocycles. The van der Waals surface area contributed by atoms with E-state index in [0.717, 1.165) is 42.2 Å². The molecule has 1 aliphatic heterocycles. The lowest BCUT2D eigenvalue weighted by molar-refractivity contribution is -0.0295. The predicted octanol–water partition coefficient (Wildman–Crippen LogP) is 2.86. The fraction of sp³-hybridized carbons (Fsp3) is 0.526. The van der Waals surface area contributed by atoms with Crippen LogP contribution in [0.1, 0.15) is 40.8 Å². The largest absolute Gasteiger partial charge is 0.389 e. The van der Waals surface area contributed by atoms with Crippen LogP contribution in [0.3, 0.4) is 0 Å². The summed E-state index contributed by atoms with van der Waals surface area (Å²) in [5.41, 5.74) is 2.50. The monoisotopic (exact) mass is 346 g/mol. The summed E-state index contributed by atoms with van der Waals surface area (Å²) in [6, 6.07) is 8.04. The maximum absolute atomic E-state index is 10.8. The van der Waals surface area contributed by atoms with Gasteiger partial charge in [-0.05, 0) is 32.3 Å². The quantitative estimate of drug-likeness (QED) is 0.874. The normalized spacial score (nSPS) is 19.3. The van der Waals surface area contributed by atoms with Crippen LogP contribution in [-0.2, 0) is 6.42 Å². The molecule has 2 N–H and O–H groups in total. The third-order valence-corrected chi connectivity index (χ3v) is 5.76. The van der Waals surface area contributed by atoms with E-state index in [2.05, 4.69) is 9.88 Å². The van der Waals surface area contributed by atoms with Gasteiger partial charge in [0.1, 0.15) is 0 Å². The van der Waals surface area contributed by atoms with E-state index in [0.29, 0.717) is 13.0 Å². The van der Waals surface area contributed by atoms with E-state index in [4.69, 9.17) is 0 Å². The average molecular weight is 346 g/mol. The highest BCUT2D eigenvalue weighted by Gasteiger charge is 2.33. The van der Waals surface area contributed by atoms with Crippen LogP contribution >= 0.6 is 11.3 Å². The molecule has 0 spiro atoms. The molecule has 1 unspecified atom stereocenters. The van der Waals surface area contributed by atoms with Crippen molar-refractivity contribution >= 4 is 11.3 Å². The van der Waals surface area contributed by atoms with Crippen molar-refractivity contribution in [3.05, 3.63) is 51.5 Å². The molecule has 0 radical (unpaired) electrons. The van der Waals surface area contributed by atoms with Crippen molar-refractivity contribution in [2.75, 3.05) is 19.6 Å². The summed E-state index contributed by atoms with van der Waals surface area (Å²) in [6.45, 7) is 6.26. The molecule has 1 saturated heterocycles. The summed E-state index contributed by atoms with van der Waals surface area (Å²) < 4.78 is 0. The first-order valence-electron chi connectivity index (χ1n) is 8.54. The molecule has 2 heterocycles. The molecule has 2 aromatic rings. The first kappa shape index (κ1) is 17.5. The Balaban J connectivity index is 1.53. The van der Waals surface area contributed by atoms with Gasteiger partial charge >= 0.3 is 0 Å². The lowest BCUT2D eigenvalue weighted by Gasteiger charge is -2.38. The summed E-state index contributed by atoms with van der Waals surface area (Å²) in [7, 11) is 0. The summed E-state index contributed by atoms with van der Waals surface area (Å²) >= 11 is 1.63. The molecule has 1 aromatic carbocycles. The number of piperidine rings is 1. The first-order valence-corrected chi connectivity index (χ1v) is 9.42. The molecule has 1 aromatic heterocycles. The van der Waals surface area contributed by atoms with Gasteiger partial charge in [0.05, 0.1) is 16.7 Å². The fourth-order valence-corrected chi connectivity index (χ4v) is 4.23. The third-order valence-electron chi connectivity index (χ3n) is 4.79. The van der Waals surface area contributed by atoms with Gasteiger partial charge in [0.25, 0.3) is 0 Å². The number of aromatic nitrogens is 1. The lowest BCUT2D eigenvalue weighted by Crippen LogP contribution is -2.46. The second-order valence-corrected chi connectivity index (χ2v) is 7.96. The van der Waals surface area contributed by atoms with Crippen LogP contribution in [0.5, 0.6) is 0 Å². The number of hydrogen-bond donors (Lipinski definition) is 2. The summed E-state index contributed by atoms with van der Waals surface area (Å²) in [5, 5.41) is 24.3. The second kappa shape index (κ2) is 7.31. The molecule has 3 rings (SSSR count). The van der Waals surface area contributed by atoms with E-state index in [1.165, 1.54) is 5.56 Å². The van der Waals surface area contributed by atoms with Crippen LogP contribution in [0.2, 0.25) is 0 Å². The van der Waals surface area contributed by atoms with Gasteiger partial charge < -0.3 is 15.1 Å². The van der Waals surface area contributed by atoms with E-state index in [1.807, 2.05) is 43.5 Å². The van der Waals surface area contributed by atoms with E-state index < -0.39 is 11.7 Å². The number of aliphatic hydroxyl groups is 2. The Morgan fingerprint density at radius 3 is 2.67 bits per heavy atom. The van der Waals surface area contributed by atoms with Gasteiger partial charge in [-0.2, -0.15) is 0 Å². The van der Waals surface area contributed by atoms with E-state index in [9.17, 15) is 10.2 Å². The number of aryl methyl sites for hydroxylation is 2. The number of rotatable bonds is 5. The molecule has 1 fully saturated rings. The fourth-order valence-electron chi connectivity index (χ4n) is 3.32. The Morgan fingerprint density at radius 2 is 2.04 bits per heavy atom. The molecule has 5 heteroatoms. The van der Waals surface area contributed by atoms with Gasteiger partial charge in [-0.25, -0.2) is 4.98 Å². The summed E-state index contributed by atoms with van der Waals surface area (Å²) in [5.74, 6) is 0. The molecule has 4 nitrogen and oxygen atoms in total. The van der Waals surface area contributed by atoms with Crippen molar-refractivity contribution in [1.29, 1.82) is 0 Å². The molecular weight excluding hydrogens is 320 g/mol. The smallest absolute Gasteiger partial charge is 0.0956 e. The summed E-state index contributed by atoms with van der Waals surface area (Å²) in [4.78, 5) is 6.71. The second-order valence-electron chi connectivity index (χ2n) is 7.01. The number of β-amino-alcohol motifs (C(OH)–C–C–N with tert-alkyl or cyclic N) is 1. The van der Waals surface area contributed by atoms with Gasteiger partial charge in [-0.15, -0.1) is 11.3 Å². The van der Waals surface area contributed by atoms with Gasteiger partial charge in [0.2, 0.25) is 0 Å². The number of benzene rings is 1. The molecule has 0 amide bonds. The number of nitrogens with zero attached hydrogens (tertiary/aromatic N) is 2. The Labute approximate surface area is 147 Å².